The molecule has 58 valence electrons. The van der Waals surface area contributed by atoms with Gasteiger partial charge in [0, 0.05) is 0 Å². The van der Waals surface area contributed by atoms with E-state index in [1.807, 2.05) is 6.92 Å². The molecule has 0 unspecified atom stereocenters. The normalized spacial score (nSPS) is 10.9. The van der Waals surface area contributed by atoms with Crippen LogP contribution in [0, 0.1) is 0 Å². The van der Waals surface area contributed by atoms with E-state index in [0.717, 1.165) is 0 Å². The summed E-state index contributed by atoms with van der Waals surface area (Å²) in [6.45, 7) is 4.02. The molecule has 3 heteroatoms. The Morgan fingerprint density at radius 3 is 2.50 bits per heavy atom. The number of hydrogen-bond acceptors (Lipinski definition) is 3. The van der Waals surface area contributed by atoms with Crippen molar-refractivity contribution in [2.45, 2.75) is 13.8 Å². The van der Waals surface area contributed by atoms with Crippen molar-refractivity contribution in [1.29, 1.82) is 0 Å². The van der Waals surface area contributed by atoms with Crippen LogP contribution in [0.1, 0.15) is 13.8 Å². The van der Waals surface area contributed by atoms with Crippen LogP contribution < -0.4 is 0 Å². The monoisotopic (exact) mass is 144 g/mol. The van der Waals surface area contributed by atoms with Gasteiger partial charge in [0.2, 0.25) is 0 Å². The van der Waals surface area contributed by atoms with Crippen molar-refractivity contribution in [2.24, 2.45) is 0 Å². The van der Waals surface area contributed by atoms with Crippen molar-refractivity contribution in [3.63, 3.8) is 0 Å². The van der Waals surface area contributed by atoms with E-state index in [4.69, 9.17) is 4.74 Å². The van der Waals surface area contributed by atoms with Crippen molar-refractivity contribution < 1.29 is 14.3 Å². The van der Waals surface area contributed by atoms with Crippen LogP contribution in [0.5, 0.6) is 0 Å². The summed E-state index contributed by atoms with van der Waals surface area (Å²) in [5.41, 5.74) is 0. The minimum absolute atomic E-state index is 0.269. The lowest BCUT2D eigenvalue weighted by molar-refractivity contribution is -0.140. The molecule has 0 aliphatic heterocycles. The predicted octanol–water partition coefficient (Wildman–Crippen LogP) is 1.10. The molecular formula is C7H12O3. The van der Waals surface area contributed by atoms with E-state index in [-0.39, 0.29) is 5.76 Å². The number of carbonyl (C=O) groups excluding carboxylic acids is 1. The number of hydrogen-bond donors (Lipinski definition) is 0. The smallest absolute Gasteiger partial charge is 0.372 e. The van der Waals surface area contributed by atoms with Crippen LogP contribution in [0.3, 0.4) is 0 Å². The first-order valence-corrected chi connectivity index (χ1v) is 3.13. The number of rotatable bonds is 3. The summed E-state index contributed by atoms with van der Waals surface area (Å²) in [5, 5.41) is 0. The Balaban J connectivity index is 3.95. The van der Waals surface area contributed by atoms with Crippen LogP contribution in [0.2, 0.25) is 0 Å². The highest BCUT2D eigenvalue weighted by Gasteiger charge is 2.07. The maximum atomic E-state index is 10.7. The van der Waals surface area contributed by atoms with Crippen molar-refractivity contribution in [3.05, 3.63) is 11.8 Å². The molecule has 0 spiro atoms. The minimum Gasteiger partial charge on any atom is -0.487 e. The average molecular weight is 144 g/mol. The Morgan fingerprint density at radius 1 is 1.60 bits per heavy atom. The number of methoxy groups -OCH3 is 1. The maximum Gasteiger partial charge on any atom is 0.372 e. The van der Waals surface area contributed by atoms with Gasteiger partial charge in [0.05, 0.1) is 13.7 Å². The molecule has 0 atom stereocenters. The number of ether oxygens (including phenoxy) is 2. The van der Waals surface area contributed by atoms with Gasteiger partial charge in [-0.25, -0.2) is 4.79 Å². The van der Waals surface area contributed by atoms with Gasteiger partial charge in [-0.1, -0.05) is 0 Å². The van der Waals surface area contributed by atoms with Crippen LogP contribution in [-0.4, -0.2) is 19.7 Å². The molecule has 0 N–H and O–H groups in total. The summed E-state index contributed by atoms with van der Waals surface area (Å²) in [7, 11) is 1.32. The van der Waals surface area contributed by atoms with E-state index >= 15 is 0 Å². The fourth-order valence-corrected chi connectivity index (χ4v) is 0.516. The Hall–Kier alpha value is -0.990. The van der Waals surface area contributed by atoms with Gasteiger partial charge in [0.15, 0.2) is 5.76 Å². The molecule has 0 saturated heterocycles. The Kier molecular flexibility index (Phi) is 4.37. The third kappa shape index (κ3) is 2.53. The molecule has 3 nitrogen and oxygen atoms in total. The summed E-state index contributed by atoms with van der Waals surface area (Å²) < 4.78 is 9.35. The lowest BCUT2D eigenvalue weighted by atomic mass is 10.5. The molecule has 0 aromatic carbocycles. The molecule has 0 fully saturated rings. The summed E-state index contributed by atoms with van der Waals surface area (Å²) in [6.07, 6.45) is 1.58. The molecule has 10 heavy (non-hydrogen) atoms. The van der Waals surface area contributed by atoms with Gasteiger partial charge in [-0.2, -0.15) is 0 Å². The van der Waals surface area contributed by atoms with E-state index in [9.17, 15) is 4.79 Å². The van der Waals surface area contributed by atoms with Crippen molar-refractivity contribution in [2.75, 3.05) is 13.7 Å². The molecule has 0 aliphatic rings. The zero-order chi connectivity index (χ0) is 7.98. The van der Waals surface area contributed by atoms with E-state index in [2.05, 4.69) is 4.74 Å². The van der Waals surface area contributed by atoms with Crippen molar-refractivity contribution in [1.82, 2.24) is 0 Å². The molecule has 0 aromatic rings. The van der Waals surface area contributed by atoms with Gasteiger partial charge in [-0.15, -0.1) is 0 Å². The van der Waals surface area contributed by atoms with Crippen LogP contribution in [0.4, 0.5) is 0 Å². The van der Waals surface area contributed by atoms with E-state index < -0.39 is 5.97 Å². The maximum absolute atomic E-state index is 10.7. The zero-order valence-corrected chi connectivity index (χ0v) is 6.51. The van der Waals surface area contributed by atoms with Crippen LogP contribution in [0.15, 0.2) is 11.8 Å². The van der Waals surface area contributed by atoms with Gasteiger partial charge in [0.1, 0.15) is 0 Å². The molecule has 0 amide bonds. The fraction of sp³-hybridized carbons (Fsp3) is 0.571. The third-order valence-electron chi connectivity index (χ3n) is 0.949. The van der Waals surface area contributed by atoms with Crippen molar-refractivity contribution >= 4 is 5.97 Å². The quantitative estimate of drug-likeness (QED) is 0.338. The standard InChI is InChI=1S/C7H12O3/c1-4-6(10-5-2)7(8)9-3/h4H,5H2,1-3H3/b6-4-. The SMILES string of the molecule is C/C=C(\OCC)C(=O)OC. The zero-order valence-electron chi connectivity index (χ0n) is 6.51. The van der Waals surface area contributed by atoms with E-state index in [0.29, 0.717) is 6.61 Å². The first-order valence-electron chi connectivity index (χ1n) is 3.13. The third-order valence-corrected chi connectivity index (χ3v) is 0.949. The Bertz CT molecular complexity index is 138. The average Bonchev–Trinajstić information content (AvgIpc) is 1.99. The second-order valence-electron chi connectivity index (χ2n) is 1.58. The second kappa shape index (κ2) is 4.85. The molecular weight excluding hydrogens is 132 g/mol. The topological polar surface area (TPSA) is 35.5 Å². The molecule has 0 radical (unpaired) electrons. The summed E-state index contributed by atoms with van der Waals surface area (Å²) in [4.78, 5) is 10.7. The molecule has 0 bridgehead atoms. The highest BCUT2D eigenvalue weighted by Crippen LogP contribution is 1.98. The predicted molar refractivity (Wildman–Crippen MR) is 37.4 cm³/mol. The van der Waals surface area contributed by atoms with Crippen LogP contribution in [-0.2, 0) is 14.3 Å². The fourth-order valence-electron chi connectivity index (χ4n) is 0.516. The van der Waals surface area contributed by atoms with Crippen LogP contribution in [0.25, 0.3) is 0 Å². The summed E-state index contributed by atoms with van der Waals surface area (Å²) >= 11 is 0. The number of allylic oxidation sites excluding steroid dienone is 1. The number of carbonyl (C=O) groups is 1. The first-order chi connectivity index (χ1) is 4.76. The van der Waals surface area contributed by atoms with Crippen molar-refractivity contribution in [3.8, 4) is 0 Å². The largest absolute Gasteiger partial charge is 0.487 e. The highest BCUT2D eigenvalue weighted by atomic mass is 16.6. The number of esters is 1. The van der Waals surface area contributed by atoms with Gasteiger partial charge >= 0.3 is 5.97 Å². The van der Waals surface area contributed by atoms with E-state index in [1.54, 1.807) is 13.0 Å². The molecule has 0 aromatic heterocycles. The Labute approximate surface area is 60.6 Å². The van der Waals surface area contributed by atoms with Gasteiger partial charge in [-0.3, -0.25) is 0 Å². The Morgan fingerprint density at radius 2 is 2.20 bits per heavy atom. The lowest BCUT2D eigenvalue weighted by Crippen LogP contribution is -2.07. The first kappa shape index (κ1) is 9.01. The minimum atomic E-state index is -0.427. The summed E-state index contributed by atoms with van der Waals surface area (Å²) in [6, 6.07) is 0. The van der Waals surface area contributed by atoms with Gasteiger partial charge < -0.3 is 9.47 Å². The highest BCUT2D eigenvalue weighted by molar-refractivity contribution is 5.85. The van der Waals surface area contributed by atoms with E-state index in [1.165, 1.54) is 7.11 Å². The molecule has 0 aliphatic carbocycles. The molecule has 0 rings (SSSR count). The molecule has 0 heterocycles. The lowest BCUT2D eigenvalue weighted by Gasteiger charge is -2.03. The van der Waals surface area contributed by atoms with Gasteiger partial charge in [0.25, 0.3) is 0 Å². The van der Waals surface area contributed by atoms with Crippen LogP contribution >= 0.6 is 0 Å². The second-order valence-corrected chi connectivity index (χ2v) is 1.58. The van der Waals surface area contributed by atoms with Gasteiger partial charge in [-0.05, 0) is 19.9 Å². The molecule has 0 saturated carbocycles. The summed E-state index contributed by atoms with van der Waals surface area (Å²) in [5.74, 6) is -0.158.